The summed E-state index contributed by atoms with van der Waals surface area (Å²) in [5, 5.41) is 8.33. The quantitative estimate of drug-likeness (QED) is 0.629. The SMILES string of the molecule is CC.N#Cc1ccccc1C(F)(F)F. The number of benzene rings is 1. The van der Waals surface area contributed by atoms with Gasteiger partial charge in [-0.25, -0.2) is 0 Å². The van der Waals surface area contributed by atoms with E-state index < -0.39 is 11.7 Å². The fourth-order valence-electron chi connectivity index (χ4n) is 0.828. The second kappa shape index (κ2) is 5.28. The van der Waals surface area contributed by atoms with Gasteiger partial charge in [0.05, 0.1) is 17.2 Å². The summed E-state index contributed by atoms with van der Waals surface area (Å²) in [7, 11) is 0. The van der Waals surface area contributed by atoms with E-state index in [-0.39, 0.29) is 5.56 Å². The molecule has 4 heteroatoms. The summed E-state index contributed by atoms with van der Waals surface area (Å²) in [5.41, 5.74) is -1.22. The first-order valence-corrected chi connectivity index (χ1v) is 4.12. The van der Waals surface area contributed by atoms with E-state index in [1.807, 2.05) is 13.8 Å². The third-order valence-corrected chi connectivity index (χ3v) is 1.35. The molecular weight excluding hydrogens is 191 g/mol. The molecule has 1 aromatic carbocycles. The lowest BCUT2D eigenvalue weighted by Crippen LogP contribution is -2.06. The first-order valence-electron chi connectivity index (χ1n) is 4.12. The van der Waals surface area contributed by atoms with Gasteiger partial charge in [-0.2, -0.15) is 18.4 Å². The molecule has 0 aliphatic carbocycles. The van der Waals surface area contributed by atoms with Gasteiger partial charge in [0.1, 0.15) is 0 Å². The zero-order chi connectivity index (χ0) is 11.2. The molecule has 0 saturated carbocycles. The lowest BCUT2D eigenvalue weighted by Gasteiger charge is -2.06. The summed E-state index contributed by atoms with van der Waals surface area (Å²) >= 11 is 0. The average Bonchev–Trinajstić information content (AvgIpc) is 2.19. The Morgan fingerprint density at radius 1 is 1.14 bits per heavy atom. The van der Waals surface area contributed by atoms with Gasteiger partial charge in [0, 0.05) is 0 Å². The Labute approximate surface area is 80.8 Å². The van der Waals surface area contributed by atoms with Crippen molar-refractivity contribution in [2.24, 2.45) is 0 Å². The Morgan fingerprint density at radius 3 is 2.00 bits per heavy atom. The second-order valence-corrected chi connectivity index (χ2v) is 2.16. The van der Waals surface area contributed by atoms with E-state index in [0.717, 1.165) is 12.1 Å². The number of hydrogen-bond donors (Lipinski definition) is 0. The van der Waals surface area contributed by atoms with Crippen LogP contribution in [0.5, 0.6) is 0 Å². The molecule has 0 aliphatic heterocycles. The third-order valence-electron chi connectivity index (χ3n) is 1.35. The highest BCUT2D eigenvalue weighted by Gasteiger charge is 2.32. The molecule has 14 heavy (non-hydrogen) atoms. The molecule has 1 rings (SSSR count). The molecule has 0 bridgehead atoms. The zero-order valence-corrected chi connectivity index (χ0v) is 7.89. The van der Waals surface area contributed by atoms with E-state index >= 15 is 0 Å². The maximum absolute atomic E-state index is 12.1. The summed E-state index contributed by atoms with van der Waals surface area (Å²) in [5.74, 6) is 0. The normalized spacial score (nSPS) is 9.71. The molecule has 0 aromatic heterocycles. The first-order chi connectivity index (χ1) is 6.55. The Kier molecular flexibility index (Phi) is 4.71. The second-order valence-electron chi connectivity index (χ2n) is 2.16. The van der Waals surface area contributed by atoms with Crippen molar-refractivity contribution in [3.05, 3.63) is 35.4 Å². The van der Waals surface area contributed by atoms with Crippen LogP contribution in [0.4, 0.5) is 13.2 Å². The molecule has 0 atom stereocenters. The Morgan fingerprint density at radius 2 is 1.64 bits per heavy atom. The highest BCUT2D eigenvalue weighted by Crippen LogP contribution is 2.31. The molecule has 1 aromatic rings. The zero-order valence-electron chi connectivity index (χ0n) is 7.89. The van der Waals surface area contributed by atoms with Gasteiger partial charge < -0.3 is 0 Å². The van der Waals surface area contributed by atoms with E-state index in [0.29, 0.717) is 0 Å². The van der Waals surface area contributed by atoms with Crippen LogP contribution in [0.2, 0.25) is 0 Å². The van der Waals surface area contributed by atoms with Crippen molar-refractivity contribution in [1.29, 1.82) is 5.26 Å². The number of rotatable bonds is 0. The summed E-state index contributed by atoms with van der Waals surface area (Å²) in [6.45, 7) is 4.00. The van der Waals surface area contributed by atoms with Crippen LogP contribution >= 0.6 is 0 Å². The first kappa shape index (κ1) is 12.5. The molecule has 0 heterocycles. The van der Waals surface area contributed by atoms with Crippen molar-refractivity contribution in [2.75, 3.05) is 0 Å². The minimum Gasteiger partial charge on any atom is -0.192 e. The third kappa shape index (κ3) is 3.09. The predicted octanol–water partition coefficient (Wildman–Crippen LogP) is 3.60. The molecule has 0 radical (unpaired) electrons. The summed E-state index contributed by atoms with van der Waals surface area (Å²) in [6.07, 6.45) is -4.44. The van der Waals surface area contributed by atoms with E-state index in [4.69, 9.17) is 5.26 Å². The highest BCUT2D eigenvalue weighted by molar-refractivity contribution is 5.38. The largest absolute Gasteiger partial charge is 0.417 e. The molecule has 1 nitrogen and oxygen atoms in total. The van der Waals surface area contributed by atoms with E-state index in [1.54, 1.807) is 0 Å². The summed E-state index contributed by atoms with van der Waals surface area (Å²) in [6, 6.07) is 6.16. The fraction of sp³-hybridized carbons (Fsp3) is 0.300. The standard InChI is InChI=1S/C8H4F3N.C2H6/c9-8(10,11)7-4-2-1-3-6(7)5-12;1-2/h1-4H;1-2H3. The number of halogens is 3. The molecule has 0 unspecified atom stereocenters. The molecule has 0 saturated heterocycles. The van der Waals surface area contributed by atoms with Gasteiger partial charge in [0.25, 0.3) is 0 Å². The van der Waals surface area contributed by atoms with Crippen molar-refractivity contribution in [3.8, 4) is 6.07 Å². The van der Waals surface area contributed by atoms with Gasteiger partial charge in [-0.05, 0) is 12.1 Å². The van der Waals surface area contributed by atoms with Gasteiger partial charge in [0.15, 0.2) is 0 Å². The van der Waals surface area contributed by atoms with Crippen LogP contribution in [0.3, 0.4) is 0 Å². The number of nitriles is 1. The smallest absolute Gasteiger partial charge is 0.192 e. The Balaban J connectivity index is 0.000000791. The van der Waals surface area contributed by atoms with E-state index in [2.05, 4.69) is 0 Å². The number of alkyl halides is 3. The monoisotopic (exact) mass is 201 g/mol. The molecule has 0 N–H and O–H groups in total. The van der Waals surface area contributed by atoms with Gasteiger partial charge in [0.2, 0.25) is 0 Å². The molecule has 76 valence electrons. The maximum Gasteiger partial charge on any atom is 0.417 e. The van der Waals surface area contributed by atoms with E-state index in [9.17, 15) is 13.2 Å². The van der Waals surface area contributed by atoms with Gasteiger partial charge in [-0.3, -0.25) is 0 Å². The summed E-state index contributed by atoms with van der Waals surface area (Å²) in [4.78, 5) is 0. The Bertz CT molecular complexity index is 323. The number of hydrogen-bond acceptors (Lipinski definition) is 1. The highest BCUT2D eigenvalue weighted by atomic mass is 19.4. The van der Waals surface area contributed by atoms with Crippen LogP contribution in [0.25, 0.3) is 0 Å². The fourth-order valence-corrected chi connectivity index (χ4v) is 0.828. The van der Waals surface area contributed by atoms with Crippen molar-refractivity contribution < 1.29 is 13.2 Å². The van der Waals surface area contributed by atoms with Crippen molar-refractivity contribution in [3.63, 3.8) is 0 Å². The number of nitrogens with zero attached hydrogens (tertiary/aromatic N) is 1. The predicted molar refractivity (Wildman–Crippen MR) is 47.5 cm³/mol. The minimum absolute atomic E-state index is 0.343. The van der Waals surface area contributed by atoms with Gasteiger partial charge >= 0.3 is 6.18 Å². The van der Waals surface area contributed by atoms with Crippen molar-refractivity contribution in [2.45, 2.75) is 20.0 Å². The van der Waals surface area contributed by atoms with Crippen LogP contribution in [0.1, 0.15) is 25.0 Å². The van der Waals surface area contributed by atoms with Gasteiger partial charge in [-0.1, -0.05) is 26.0 Å². The van der Waals surface area contributed by atoms with Crippen molar-refractivity contribution in [1.82, 2.24) is 0 Å². The molecule has 0 amide bonds. The van der Waals surface area contributed by atoms with Crippen LogP contribution in [0.15, 0.2) is 24.3 Å². The molecule has 0 fully saturated rings. The summed E-state index contributed by atoms with van der Waals surface area (Å²) < 4.78 is 36.3. The van der Waals surface area contributed by atoms with Crippen LogP contribution in [0, 0.1) is 11.3 Å². The topological polar surface area (TPSA) is 23.8 Å². The van der Waals surface area contributed by atoms with Gasteiger partial charge in [-0.15, -0.1) is 0 Å². The molecule has 0 spiro atoms. The van der Waals surface area contributed by atoms with Crippen LogP contribution in [-0.4, -0.2) is 0 Å². The molecular formula is C10H10F3N. The minimum atomic E-state index is -4.44. The van der Waals surface area contributed by atoms with Crippen molar-refractivity contribution >= 4 is 0 Å². The molecule has 0 aliphatic rings. The lowest BCUT2D eigenvalue weighted by atomic mass is 10.1. The van der Waals surface area contributed by atoms with Crippen LogP contribution in [-0.2, 0) is 6.18 Å². The maximum atomic E-state index is 12.1. The Hall–Kier alpha value is -1.50. The lowest BCUT2D eigenvalue weighted by molar-refractivity contribution is -0.137. The average molecular weight is 201 g/mol. The van der Waals surface area contributed by atoms with Crippen LogP contribution < -0.4 is 0 Å². The van der Waals surface area contributed by atoms with E-state index in [1.165, 1.54) is 18.2 Å².